The summed E-state index contributed by atoms with van der Waals surface area (Å²) in [6.45, 7) is 5.98. The molecule has 0 aliphatic carbocycles. The lowest BCUT2D eigenvalue weighted by Gasteiger charge is -2.08. The molecule has 0 fully saturated rings. The summed E-state index contributed by atoms with van der Waals surface area (Å²) in [5.74, 6) is -2.45. The van der Waals surface area contributed by atoms with Crippen molar-refractivity contribution in [2.75, 3.05) is 18.5 Å². The summed E-state index contributed by atoms with van der Waals surface area (Å²) in [4.78, 5) is 58.4. The number of anilines is 1. The zero-order valence-corrected chi connectivity index (χ0v) is 18.4. The Bertz CT molecular complexity index is 1090. The summed E-state index contributed by atoms with van der Waals surface area (Å²) >= 11 is 0.760. The minimum absolute atomic E-state index is 0.0343. The Morgan fingerprint density at radius 3 is 1.91 bits per heavy atom. The van der Waals surface area contributed by atoms with E-state index in [0.29, 0.717) is 0 Å². The number of carbonyl (C=O) groups is 3. The number of thiophene rings is 1. The Hall–Kier alpha value is -3.87. The normalized spacial score (nSPS) is 10.4. The van der Waals surface area contributed by atoms with Gasteiger partial charge in [-0.2, -0.15) is 0 Å². The lowest BCUT2D eigenvalue weighted by atomic mass is 10.1. The summed E-state index contributed by atoms with van der Waals surface area (Å²) in [6, 6.07) is 1.79. The molecular formula is C19H19N3O9S. The number of carbonyl (C=O) groups excluding carboxylic acids is 3. The highest BCUT2D eigenvalue weighted by Crippen LogP contribution is 2.35. The maximum absolute atomic E-state index is 12.8. The number of esters is 2. The van der Waals surface area contributed by atoms with Crippen LogP contribution in [0.3, 0.4) is 0 Å². The molecule has 1 N–H and O–H groups in total. The predicted molar refractivity (Wildman–Crippen MR) is 113 cm³/mol. The third kappa shape index (κ3) is 4.88. The molecule has 2 rings (SSSR count). The van der Waals surface area contributed by atoms with E-state index in [-0.39, 0.29) is 45.3 Å². The summed E-state index contributed by atoms with van der Waals surface area (Å²) in [6.07, 6.45) is 0. The van der Waals surface area contributed by atoms with Crippen LogP contribution in [-0.4, -0.2) is 40.9 Å². The Morgan fingerprint density at radius 2 is 1.44 bits per heavy atom. The zero-order chi connectivity index (χ0) is 24.2. The molecule has 170 valence electrons. The molecule has 1 aromatic heterocycles. The molecule has 0 saturated carbocycles. The number of nitrogens with one attached hydrogen (secondary N) is 1. The molecular weight excluding hydrogens is 446 g/mol. The van der Waals surface area contributed by atoms with Crippen LogP contribution in [0, 0.1) is 34.1 Å². The van der Waals surface area contributed by atoms with Gasteiger partial charge >= 0.3 is 11.9 Å². The van der Waals surface area contributed by atoms with Crippen molar-refractivity contribution in [1.82, 2.24) is 0 Å². The second-order valence-electron chi connectivity index (χ2n) is 6.31. The van der Waals surface area contributed by atoms with E-state index in [1.54, 1.807) is 13.8 Å². The lowest BCUT2D eigenvalue weighted by Crippen LogP contribution is -2.15. The van der Waals surface area contributed by atoms with E-state index in [0.717, 1.165) is 23.5 Å². The largest absolute Gasteiger partial charge is 0.462 e. The molecule has 0 radical (unpaired) electrons. The quantitative estimate of drug-likeness (QED) is 0.346. The highest BCUT2D eigenvalue weighted by Gasteiger charge is 2.29. The molecule has 0 saturated heterocycles. The van der Waals surface area contributed by atoms with Gasteiger partial charge in [0.15, 0.2) is 0 Å². The van der Waals surface area contributed by atoms with Gasteiger partial charge in [0.2, 0.25) is 0 Å². The van der Waals surface area contributed by atoms with Crippen LogP contribution in [0.25, 0.3) is 0 Å². The van der Waals surface area contributed by atoms with E-state index in [1.807, 2.05) is 0 Å². The van der Waals surface area contributed by atoms with E-state index >= 15 is 0 Å². The average Bonchev–Trinajstić information content (AvgIpc) is 3.03. The fourth-order valence-electron chi connectivity index (χ4n) is 2.81. The van der Waals surface area contributed by atoms with Crippen LogP contribution in [0.5, 0.6) is 0 Å². The number of nitrogens with zero attached hydrogens (tertiary/aromatic N) is 2. The predicted octanol–water partition coefficient (Wildman–Crippen LogP) is 3.79. The maximum atomic E-state index is 12.8. The molecule has 0 unspecified atom stereocenters. The average molecular weight is 465 g/mol. The topological polar surface area (TPSA) is 168 Å². The van der Waals surface area contributed by atoms with Crippen molar-refractivity contribution in [3.63, 3.8) is 0 Å². The van der Waals surface area contributed by atoms with Gasteiger partial charge in [-0.15, -0.1) is 11.3 Å². The van der Waals surface area contributed by atoms with Gasteiger partial charge in [-0.1, -0.05) is 0 Å². The molecule has 32 heavy (non-hydrogen) atoms. The number of hydrogen-bond donors (Lipinski definition) is 1. The molecule has 0 bridgehead atoms. The molecule has 0 aliphatic rings. The minimum atomic E-state index is -0.946. The highest BCUT2D eigenvalue weighted by molar-refractivity contribution is 7.18. The van der Waals surface area contributed by atoms with E-state index < -0.39 is 39.1 Å². The maximum Gasteiger partial charge on any atom is 0.348 e. The Labute approximate surface area is 185 Å². The SMILES string of the molecule is CCOC(=O)c1sc(NC(=O)c2cc([N+](=O)[O-])c(C)c([N+](=O)[O-])c2)c(C(=O)OCC)c1C. The number of amides is 1. The molecule has 0 atom stereocenters. The summed E-state index contributed by atoms with van der Waals surface area (Å²) in [5.41, 5.74) is -1.64. The van der Waals surface area contributed by atoms with Gasteiger partial charge in [0, 0.05) is 12.1 Å². The van der Waals surface area contributed by atoms with Crippen LogP contribution in [0.4, 0.5) is 16.4 Å². The van der Waals surface area contributed by atoms with Gasteiger partial charge in [-0.05, 0) is 33.3 Å². The van der Waals surface area contributed by atoms with Crippen molar-refractivity contribution in [3.8, 4) is 0 Å². The second-order valence-corrected chi connectivity index (χ2v) is 7.33. The molecule has 0 aliphatic heterocycles. The van der Waals surface area contributed by atoms with E-state index in [9.17, 15) is 34.6 Å². The van der Waals surface area contributed by atoms with Crippen molar-refractivity contribution in [2.24, 2.45) is 0 Å². The second kappa shape index (κ2) is 9.96. The molecule has 2 aromatic rings. The number of benzene rings is 1. The zero-order valence-electron chi connectivity index (χ0n) is 17.5. The van der Waals surface area contributed by atoms with Crippen molar-refractivity contribution in [3.05, 3.63) is 59.5 Å². The van der Waals surface area contributed by atoms with Gasteiger partial charge in [-0.25, -0.2) is 9.59 Å². The Kier molecular flexibility index (Phi) is 7.59. The fraction of sp³-hybridized carbons (Fsp3) is 0.316. The molecule has 1 heterocycles. The van der Waals surface area contributed by atoms with Crippen LogP contribution >= 0.6 is 11.3 Å². The number of rotatable bonds is 8. The van der Waals surface area contributed by atoms with Crippen LogP contribution in [-0.2, 0) is 9.47 Å². The van der Waals surface area contributed by atoms with Gasteiger partial charge < -0.3 is 14.8 Å². The standard InChI is InChI=1S/C19H19N3O9S/c1-5-30-18(24)14-10(4)15(19(25)31-6-2)32-17(14)20-16(23)11-7-12(21(26)27)9(3)13(8-11)22(28)29/h7-8H,5-6H2,1-4H3,(H,20,23). The van der Waals surface area contributed by atoms with Crippen molar-refractivity contribution < 1.29 is 33.7 Å². The van der Waals surface area contributed by atoms with E-state index in [2.05, 4.69) is 5.32 Å². The first-order valence-corrected chi connectivity index (χ1v) is 10.1. The van der Waals surface area contributed by atoms with Gasteiger partial charge in [0.05, 0.1) is 34.2 Å². The third-order valence-electron chi connectivity index (χ3n) is 4.32. The van der Waals surface area contributed by atoms with Crippen LogP contribution < -0.4 is 5.32 Å². The van der Waals surface area contributed by atoms with Gasteiger partial charge in [-0.3, -0.25) is 25.0 Å². The lowest BCUT2D eigenvalue weighted by molar-refractivity contribution is -0.395. The number of hydrogen-bond acceptors (Lipinski definition) is 10. The van der Waals surface area contributed by atoms with Crippen molar-refractivity contribution in [2.45, 2.75) is 27.7 Å². The molecule has 13 heteroatoms. The van der Waals surface area contributed by atoms with Crippen LogP contribution in [0.2, 0.25) is 0 Å². The Balaban J connectivity index is 2.56. The first-order valence-electron chi connectivity index (χ1n) is 9.25. The number of nitro groups is 2. The molecule has 0 spiro atoms. The summed E-state index contributed by atoms with van der Waals surface area (Å²) in [7, 11) is 0. The first-order chi connectivity index (χ1) is 15.0. The molecule has 12 nitrogen and oxygen atoms in total. The van der Waals surface area contributed by atoms with Gasteiger partial charge in [0.1, 0.15) is 15.4 Å². The van der Waals surface area contributed by atoms with Crippen LogP contribution in [0.15, 0.2) is 12.1 Å². The monoisotopic (exact) mass is 465 g/mol. The minimum Gasteiger partial charge on any atom is -0.462 e. The highest BCUT2D eigenvalue weighted by atomic mass is 32.1. The van der Waals surface area contributed by atoms with Crippen molar-refractivity contribution in [1.29, 1.82) is 0 Å². The molecule has 1 amide bonds. The number of nitro benzene ring substituents is 2. The van der Waals surface area contributed by atoms with E-state index in [4.69, 9.17) is 9.47 Å². The summed E-state index contributed by atoms with van der Waals surface area (Å²) < 4.78 is 9.95. The van der Waals surface area contributed by atoms with Crippen LogP contribution in [0.1, 0.15) is 55.4 Å². The summed E-state index contributed by atoms with van der Waals surface area (Å²) in [5, 5.41) is 24.9. The third-order valence-corrected chi connectivity index (χ3v) is 5.51. The first kappa shape index (κ1) is 24.4. The van der Waals surface area contributed by atoms with Gasteiger partial charge in [0.25, 0.3) is 17.3 Å². The Morgan fingerprint density at radius 1 is 0.938 bits per heavy atom. The fourth-order valence-corrected chi connectivity index (χ4v) is 3.90. The number of ether oxygens (including phenoxy) is 2. The van der Waals surface area contributed by atoms with E-state index in [1.165, 1.54) is 13.8 Å². The smallest absolute Gasteiger partial charge is 0.348 e. The van der Waals surface area contributed by atoms with Crippen molar-refractivity contribution >= 4 is 45.6 Å². The molecule has 1 aromatic carbocycles.